The van der Waals surface area contributed by atoms with E-state index in [9.17, 15) is 4.79 Å². The summed E-state index contributed by atoms with van der Waals surface area (Å²) in [6.07, 6.45) is 0. The van der Waals surface area contributed by atoms with E-state index in [1.54, 1.807) is 20.1 Å². The van der Waals surface area contributed by atoms with E-state index in [1.807, 2.05) is 19.1 Å². The van der Waals surface area contributed by atoms with Gasteiger partial charge in [-0.2, -0.15) is 0 Å². The van der Waals surface area contributed by atoms with Crippen LogP contribution in [0.3, 0.4) is 0 Å². The van der Waals surface area contributed by atoms with Crippen LogP contribution in [0, 0.1) is 6.92 Å². The largest absolute Gasteiger partial charge is 0.496 e. The molecule has 1 aromatic carbocycles. The Morgan fingerprint density at radius 1 is 1.50 bits per heavy atom. The second-order valence-electron chi connectivity index (χ2n) is 3.14. The van der Waals surface area contributed by atoms with Gasteiger partial charge in [0.05, 0.1) is 18.1 Å². The summed E-state index contributed by atoms with van der Waals surface area (Å²) in [5, 5.41) is -0.523. The van der Waals surface area contributed by atoms with Crippen molar-refractivity contribution < 1.29 is 9.53 Å². The summed E-state index contributed by atoms with van der Waals surface area (Å²) in [5.41, 5.74) is 1.49. The van der Waals surface area contributed by atoms with Crippen molar-refractivity contribution in [3.63, 3.8) is 0 Å². The molecule has 3 heteroatoms. The maximum atomic E-state index is 11.7. The maximum absolute atomic E-state index is 11.7. The number of Topliss-reactive ketones (excluding diaryl/α,β-unsaturated/α-hetero) is 1. The first-order chi connectivity index (χ1) is 6.57. The van der Waals surface area contributed by atoms with Crippen molar-refractivity contribution in [2.24, 2.45) is 0 Å². The quantitative estimate of drug-likeness (QED) is 0.569. The van der Waals surface area contributed by atoms with Crippen LogP contribution >= 0.6 is 11.6 Å². The van der Waals surface area contributed by atoms with Crippen molar-refractivity contribution in [2.75, 3.05) is 7.11 Å². The van der Waals surface area contributed by atoms with Crippen LogP contribution in [0.25, 0.3) is 0 Å². The highest BCUT2D eigenvalue weighted by Gasteiger charge is 2.17. The molecule has 0 N–H and O–H groups in total. The zero-order valence-corrected chi connectivity index (χ0v) is 9.26. The van der Waals surface area contributed by atoms with Gasteiger partial charge in [0, 0.05) is 0 Å². The van der Waals surface area contributed by atoms with Gasteiger partial charge < -0.3 is 4.74 Å². The molecule has 0 aromatic heterocycles. The lowest BCUT2D eigenvalue weighted by molar-refractivity contribution is 0.0988. The van der Waals surface area contributed by atoms with Gasteiger partial charge in [-0.15, -0.1) is 11.6 Å². The summed E-state index contributed by atoms with van der Waals surface area (Å²) in [6.45, 7) is 3.56. The molecule has 0 saturated carbocycles. The fourth-order valence-corrected chi connectivity index (χ4v) is 1.45. The molecular weight excluding hydrogens is 200 g/mol. The summed E-state index contributed by atoms with van der Waals surface area (Å²) in [5.74, 6) is 0.511. The number of aryl methyl sites for hydroxylation is 1. The standard InChI is InChI=1S/C11H13ClO2/c1-7-5-4-6-9(11(7)14-3)10(13)8(2)12/h4-6,8H,1-3H3. The van der Waals surface area contributed by atoms with Crippen LogP contribution in [0.15, 0.2) is 18.2 Å². The molecule has 0 aliphatic carbocycles. The summed E-state index contributed by atoms with van der Waals surface area (Å²) in [7, 11) is 1.55. The highest BCUT2D eigenvalue weighted by Crippen LogP contribution is 2.24. The molecule has 2 nitrogen and oxygen atoms in total. The summed E-state index contributed by atoms with van der Waals surface area (Å²) >= 11 is 5.74. The lowest BCUT2D eigenvalue weighted by Crippen LogP contribution is -2.12. The molecule has 0 amide bonds. The Hall–Kier alpha value is -1.02. The fraction of sp³-hybridized carbons (Fsp3) is 0.364. The van der Waals surface area contributed by atoms with Crippen molar-refractivity contribution in [3.8, 4) is 5.75 Å². The zero-order valence-electron chi connectivity index (χ0n) is 8.50. The predicted octanol–water partition coefficient (Wildman–Crippen LogP) is 2.81. The molecule has 0 heterocycles. The number of methoxy groups -OCH3 is 1. The normalized spacial score (nSPS) is 12.3. The molecule has 1 unspecified atom stereocenters. The first-order valence-electron chi connectivity index (χ1n) is 4.39. The molecule has 0 aliphatic heterocycles. The number of ether oxygens (including phenoxy) is 1. The van der Waals surface area contributed by atoms with Gasteiger partial charge in [0.1, 0.15) is 5.75 Å². The van der Waals surface area contributed by atoms with Crippen LogP contribution in [0.1, 0.15) is 22.8 Å². The fourth-order valence-electron chi connectivity index (χ4n) is 1.33. The average molecular weight is 213 g/mol. The molecule has 76 valence electrons. The molecular formula is C11H13ClO2. The van der Waals surface area contributed by atoms with E-state index >= 15 is 0 Å². The highest BCUT2D eigenvalue weighted by molar-refractivity contribution is 6.34. The van der Waals surface area contributed by atoms with Gasteiger partial charge in [-0.25, -0.2) is 0 Å². The number of halogens is 1. The third-order valence-corrected chi connectivity index (χ3v) is 2.24. The lowest BCUT2D eigenvalue weighted by Gasteiger charge is -2.10. The molecule has 0 spiro atoms. The maximum Gasteiger partial charge on any atom is 0.184 e. The highest BCUT2D eigenvalue weighted by atomic mass is 35.5. The molecule has 0 bridgehead atoms. The van der Waals surface area contributed by atoms with Crippen molar-refractivity contribution in [2.45, 2.75) is 19.2 Å². The minimum atomic E-state index is -0.523. The number of carbonyl (C=O) groups excluding carboxylic acids is 1. The van der Waals surface area contributed by atoms with Crippen molar-refractivity contribution in [1.29, 1.82) is 0 Å². The number of benzene rings is 1. The predicted molar refractivity (Wildman–Crippen MR) is 57.4 cm³/mol. The van der Waals surface area contributed by atoms with Gasteiger partial charge in [0.25, 0.3) is 0 Å². The molecule has 1 atom stereocenters. The van der Waals surface area contributed by atoms with E-state index in [0.29, 0.717) is 11.3 Å². The second kappa shape index (κ2) is 4.47. The van der Waals surface area contributed by atoms with E-state index in [4.69, 9.17) is 16.3 Å². The molecule has 1 aromatic rings. The number of para-hydroxylation sites is 1. The molecule has 0 radical (unpaired) electrons. The van der Waals surface area contributed by atoms with Gasteiger partial charge in [-0.05, 0) is 25.5 Å². The van der Waals surface area contributed by atoms with Gasteiger partial charge in [-0.3, -0.25) is 4.79 Å². The SMILES string of the molecule is COc1c(C)cccc1C(=O)C(C)Cl. The van der Waals surface area contributed by atoms with Gasteiger partial charge >= 0.3 is 0 Å². The Morgan fingerprint density at radius 3 is 2.64 bits per heavy atom. The monoisotopic (exact) mass is 212 g/mol. The Bertz CT molecular complexity index is 345. The lowest BCUT2D eigenvalue weighted by atomic mass is 10.0. The third-order valence-electron chi connectivity index (χ3n) is 2.04. The van der Waals surface area contributed by atoms with Gasteiger partial charge in [-0.1, -0.05) is 12.1 Å². The van der Waals surface area contributed by atoms with Crippen LogP contribution in [0.4, 0.5) is 0 Å². The Morgan fingerprint density at radius 2 is 2.14 bits per heavy atom. The number of hydrogen-bond donors (Lipinski definition) is 0. The van der Waals surface area contributed by atoms with Gasteiger partial charge in [0.2, 0.25) is 0 Å². The summed E-state index contributed by atoms with van der Waals surface area (Å²) < 4.78 is 5.17. The molecule has 0 aliphatic rings. The second-order valence-corrected chi connectivity index (χ2v) is 3.79. The number of rotatable bonds is 3. The van der Waals surface area contributed by atoms with E-state index in [2.05, 4.69) is 0 Å². The number of carbonyl (C=O) groups is 1. The van der Waals surface area contributed by atoms with Crippen LogP contribution in [-0.2, 0) is 0 Å². The molecule has 0 saturated heterocycles. The topological polar surface area (TPSA) is 26.3 Å². The van der Waals surface area contributed by atoms with E-state index in [0.717, 1.165) is 5.56 Å². The summed E-state index contributed by atoms with van der Waals surface area (Å²) in [6, 6.07) is 5.45. The van der Waals surface area contributed by atoms with E-state index < -0.39 is 5.38 Å². The van der Waals surface area contributed by atoms with E-state index in [-0.39, 0.29) is 5.78 Å². The van der Waals surface area contributed by atoms with Crippen molar-refractivity contribution in [1.82, 2.24) is 0 Å². The van der Waals surface area contributed by atoms with Crippen LogP contribution in [-0.4, -0.2) is 18.3 Å². The minimum absolute atomic E-state index is 0.104. The number of ketones is 1. The van der Waals surface area contributed by atoms with E-state index in [1.165, 1.54) is 0 Å². The first-order valence-corrected chi connectivity index (χ1v) is 4.83. The Labute approximate surface area is 88.8 Å². The number of alkyl halides is 1. The van der Waals surface area contributed by atoms with Crippen LogP contribution < -0.4 is 4.74 Å². The molecule has 0 fully saturated rings. The van der Waals surface area contributed by atoms with Crippen LogP contribution in [0.5, 0.6) is 5.75 Å². The third kappa shape index (κ3) is 2.07. The number of hydrogen-bond acceptors (Lipinski definition) is 2. The molecule has 14 heavy (non-hydrogen) atoms. The van der Waals surface area contributed by atoms with Crippen molar-refractivity contribution in [3.05, 3.63) is 29.3 Å². The Balaban J connectivity index is 3.20. The van der Waals surface area contributed by atoms with Crippen molar-refractivity contribution >= 4 is 17.4 Å². The molecule has 1 rings (SSSR count). The average Bonchev–Trinajstić information content (AvgIpc) is 2.16. The Kier molecular flexibility index (Phi) is 3.53. The smallest absolute Gasteiger partial charge is 0.184 e. The van der Waals surface area contributed by atoms with Gasteiger partial charge in [0.15, 0.2) is 5.78 Å². The van der Waals surface area contributed by atoms with Crippen LogP contribution in [0.2, 0.25) is 0 Å². The summed E-state index contributed by atoms with van der Waals surface area (Å²) in [4.78, 5) is 11.7. The zero-order chi connectivity index (χ0) is 10.7. The minimum Gasteiger partial charge on any atom is -0.496 e. The first kappa shape index (κ1) is 11.1.